The van der Waals surface area contributed by atoms with Gasteiger partial charge in [-0.1, -0.05) is 93.6 Å². The summed E-state index contributed by atoms with van der Waals surface area (Å²) in [6, 6.07) is 39.6. The van der Waals surface area contributed by atoms with Gasteiger partial charge < -0.3 is 24.9 Å². The zero-order valence-electron chi connectivity index (χ0n) is 29.5. The number of fused-ring (bicyclic) bond motifs is 9. The van der Waals surface area contributed by atoms with Gasteiger partial charge in [-0.3, -0.25) is 0 Å². The van der Waals surface area contributed by atoms with Crippen LogP contribution in [0.5, 0.6) is 0 Å². The van der Waals surface area contributed by atoms with Crippen molar-refractivity contribution in [3.05, 3.63) is 145 Å². The van der Waals surface area contributed by atoms with E-state index < -0.39 is 0 Å². The Kier molecular flexibility index (Phi) is 6.48. The van der Waals surface area contributed by atoms with Crippen LogP contribution in [0.3, 0.4) is 0 Å². The van der Waals surface area contributed by atoms with E-state index in [1.807, 2.05) is 18.6 Å². The SMILES string of the molecule is CCc1cnc2c(n1)N(c1ccccc1)C(C)N2c1ccccc1C1CC2(C)C3N(C4=NC=CNC4N3c3ccccc3)c3ccccc3C12C. The third-order valence-corrected chi connectivity index (χ3v) is 12.6. The molecule has 5 aromatic rings. The van der Waals surface area contributed by atoms with Crippen molar-refractivity contribution in [2.24, 2.45) is 10.4 Å². The third-order valence-electron chi connectivity index (χ3n) is 12.6. The van der Waals surface area contributed by atoms with Gasteiger partial charge in [0.25, 0.3) is 0 Å². The number of aromatic nitrogens is 2. The number of para-hydroxylation sites is 4. The molecule has 5 aliphatic rings. The Hall–Kier alpha value is -5.63. The molecule has 1 aromatic heterocycles. The Balaban J connectivity index is 1.13. The number of nitrogens with one attached hydrogen (secondary N) is 1. The van der Waals surface area contributed by atoms with Crippen LogP contribution in [0.2, 0.25) is 0 Å². The van der Waals surface area contributed by atoms with Crippen LogP contribution in [0.25, 0.3) is 0 Å². The highest BCUT2D eigenvalue weighted by Gasteiger charge is 2.72. The summed E-state index contributed by atoms with van der Waals surface area (Å²) < 4.78 is 0. The highest BCUT2D eigenvalue weighted by molar-refractivity contribution is 6.09. The lowest BCUT2D eigenvalue weighted by Crippen LogP contribution is -2.71. The zero-order chi connectivity index (χ0) is 34.5. The molecule has 1 aliphatic carbocycles. The molecule has 6 unspecified atom stereocenters. The zero-order valence-corrected chi connectivity index (χ0v) is 29.5. The van der Waals surface area contributed by atoms with Gasteiger partial charge in [-0.05, 0) is 73.2 Å². The maximum atomic E-state index is 5.18. The van der Waals surface area contributed by atoms with Gasteiger partial charge in [0.1, 0.15) is 12.3 Å². The summed E-state index contributed by atoms with van der Waals surface area (Å²) in [4.78, 5) is 25.2. The molecular formula is C43H42N8. The highest BCUT2D eigenvalue weighted by Crippen LogP contribution is 2.73. The summed E-state index contributed by atoms with van der Waals surface area (Å²) in [7, 11) is 0. The molecule has 0 bridgehead atoms. The fraction of sp³-hybridized carbons (Fsp3) is 0.279. The van der Waals surface area contributed by atoms with Crippen LogP contribution < -0.4 is 24.9 Å². The first-order valence-electron chi connectivity index (χ1n) is 18.2. The lowest BCUT2D eigenvalue weighted by molar-refractivity contribution is -0.0370. The number of nitrogens with zero attached hydrogens (tertiary/aromatic N) is 7. The molecule has 0 radical (unpaired) electrons. The summed E-state index contributed by atoms with van der Waals surface area (Å²) in [5, 5.41) is 3.68. The molecule has 0 amide bonds. The molecule has 10 rings (SSSR count). The van der Waals surface area contributed by atoms with Crippen molar-refractivity contribution in [1.82, 2.24) is 15.3 Å². The van der Waals surface area contributed by atoms with Gasteiger partial charge >= 0.3 is 0 Å². The van der Waals surface area contributed by atoms with E-state index in [1.165, 1.54) is 28.2 Å². The fourth-order valence-electron chi connectivity index (χ4n) is 10.1. The van der Waals surface area contributed by atoms with E-state index in [2.05, 4.69) is 162 Å². The second-order valence-electron chi connectivity index (χ2n) is 14.9. The molecule has 6 atom stereocenters. The van der Waals surface area contributed by atoms with E-state index in [0.29, 0.717) is 0 Å². The van der Waals surface area contributed by atoms with E-state index >= 15 is 0 Å². The summed E-state index contributed by atoms with van der Waals surface area (Å²) in [6.45, 7) is 9.46. The molecule has 4 aliphatic heterocycles. The lowest BCUT2D eigenvalue weighted by atomic mass is 9.39. The first-order valence-corrected chi connectivity index (χ1v) is 18.2. The molecule has 5 heterocycles. The summed E-state index contributed by atoms with van der Waals surface area (Å²) in [6.07, 6.45) is 7.68. The minimum absolute atomic E-state index is 0.0211. The highest BCUT2D eigenvalue weighted by atomic mass is 15.5. The Morgan fingerprint density at radius 2 is 1.45 bits per heavy atom. The van der Waals surface area contributed by atoms with Crippen LogP contribution in [0.1, 0.15) is 56.9 Å². The number of amidine groups is 1. The molecule has 254 valence electrons. The average molecular weight is 671 g/mol. The number of hydrogen-bond acceptors (Lipinski definition) is 8. The molecule has 1 saturated heterocycles. The van der Waals surface area contributed by atoms with E-state index in [1.54, 1.807) is 0 Å². The number of rotatable bonds is 5. The minimum atomic E-state index is -0.183. The molecule has 1 N–H and O–H groups in total. The quantitative estimate of drug-likeness (QED) is 0.201. The van der Waals surface area contributed by atoms with Crippen molar-refractivity contribution >= 4 is 40.2 Å². The van der Waals surface area contributed by atoms with Crippen LogP contribution in [-0.4, -0.2) is 34.3 Å². The standard InChI is InChI=1S/C43H42N8/c1-5-29-27-46-39-40(47-29)48(30-16-8-6-9-17-30)28(2)49(39)35-22-14-12-20-32(35)34-26-42(3)41-50(31-18-10-7-11-19-31)37-38(45-25-24-44-37)51(41)36-23-15-13-21-33(36)43(34,42)4/h6-25,27-28,34,37,41,44H,5,26H2,1-4H3. The Bertz CT molecular complexity index is 2220. The van der Waals surface area contributed by atoms with E-state index in [9.17, 15) is 0 Å². The fourth-order valence-corrected chi connectivity index (χ4v) is 10.1. The second kappa shape index (κ2) is 10.9. The van der Waals surface area contributed by atoms with Gasteiger partial charge in [0.2, 0.25) is 0 Å². The number of aryl methyl sites for hydroxylation is 1. The monoisotopic (exact) mass is 670 g/mol. The normalized spacial score (nSPS) is 28.2. The second-order valence-corrected chi connectivity index (χ2v) is 14.9. The molecule has 0 spiro atoms. The molecule has 2 fully saturated rings. The number of anilines is 6. The molecule has 8 nitrogen and oxygen atoms in total. The van der Waals surface area contributed by atoms with Crippen molar-refractivity contribution < 1.29 is 0 Å². The van der Waals surface area contributed by atoms with Crippen LogP contribution in [-0.2, 0) is 11.8 Å². The number of hydrogen-bond donors (Lipinski definition) is 1. The summed E-state index contributed by atoms with van der Waals surface area (Å²) >= 11 is 0. The predicted molar refractivity (Wildman–Crippen MR) is 206 cm³/mol. The minimum Gasteiger partial charge on any atom is -0.364 e. The first-order chi connectivity index (χ1) is 25.0. The van der Waals surface area contributed by atoms with Crippen molar-refractivity contribution in [3.63, 3.8) is 0 Å². The number of aliphatic imine (C=N–C) groups is 1. The maximum Gasteiger partial charge on any atom is 0.178 e. The predicted octanol–water partition coefficient (Wildman–Crippen LogP) is 8.59. The van der Waals surface area contributed by atoms with Crippen molar-refractivity contribution in [1.29, 1.82) is 0 Å². The average Bonchev–Trinajstić information content (AvgIpc) is 3.68. The van der Waals surface area contributed by atoms with Crippen LogP contribution in [0.4, 0.5) is 34.4 Å². The van der Waals surface area contributed by atoms with E-state index in [4.69, 9.17) is 15.0 Å². The Labute approximate surface area is 299 Å². The Morgan fingerprint density at radius 3 is 2.22 bits per heavy atom. The van der Waals surface area contributed by atoms with Crippen molar-refractivity contribution in [2.75, 3.05) is 19.6 Å². The first kappa shape index (κ1) is 30.2. The van der Waals surface area contributed by atoms with Gasteiger partial charge in [-0.15, -0.1) is 0 Å². The summed E-state index contributed by atoms with van der Waals surface area (Å²) in [5.74, 6) is 3.14. The van der Waals surface area contributed by atoms with Crippen LogP contribution in [0, 0.1) is 5.41 Å². The topological polar surface area (TPSA) is 63.1 Å². The van der Waals surface area contributed by atoms with Gasteiger partial charge in [0, 0.05) is 46.0 Å². The van der Waals surface area contributed by atoms with Crippen molar-refractivity contribution in [2.45, 2.75) is 70.4 Å². The van der Waals surface area contributed by atoms with Crippen LogP contribution >= 0.6 is 0 Å². The van der Waals surface area contributed by atoms with Gasteiger partial charge in [0.15, 0.2) is 23.6 Å². The third kappa shape index (κ3) is 3.93. The largest absolute Gasteiger partial charge is 0.364 e. The van der Waals surface area contributed by atoms with Gasteiger partial charge in [-0.25, -0.2) is 15.0 Å². The molecule has 4 aromatic carbocycles. The van der Waals surface area contributed by atoms with Gasteiger partial charge in [0.05, 0.1) is 11.9 Å². The van der Waals surface area contributed by atoms with Crippen molar-refractivity contribution in [3.8, 4) is 0 Å². The molecule has 1 saturated carbocycles. The number of benzene rings is 4. The lowest BCUT2D eigenvalue weighted by Gasteiger charge is -2.69. The maximum absolute atomic E-state index is 5.18. The smallest absolute Gasteiger partial charge is 0.178 e. The van der Waals surface area contributed by atoms with Crippen LogP contribution in [0.15, 0.2) is 133 Å². The van der Waals surface area contributed by atoms with E-state index in [-0.39, 0.29) is 35.2 Å². The molecule has 8 heteroatoms. The molecule has 51 heavy (non-hydrogen) atoms. The molecular weight excluding hydrogens is 629 g/mol. The van der Waals surface area contributed by atoms with E-state index in [0.717, 1.165) is 41.7 Å². The van der Waals surface area contributed by atoms with Gasteiger partial charge in [-0.2, -0.15) is 0 Å². The summed E-state index contributed by atoms with van der Waals surface area (Å²) in [5.41, 5.74) is 8.21. The Morgan fingerprint density at radius 1 is 0.765 bits per heavy atom.